The van der Waals surface area contributed by atoms with E-state index in [1.807, 2.05) is 0 Å². The third kappa shape index (κ3) is 23.2. The van der Waals surface area contributed by atoms with E-state index < -0.39 is 18.4 Å². The van der Waals surface area contributed by atoms with Gasteiger partial charge in [0.1, 0.15) is 6.42 Å². The summed E-state index contributed by atoms with van der Waals surface area (Å²) in [4.78, 5) is 18.9. The number of hydrogen-bond donors (Lipinski definition) is 4. The smallest absolute Gasteiger partial charge is 0.314 e. The van der Waals surface area contributed by atoms with Gasteiger partial charge in [-0.15, -0.1) is 0 Å². The highest BCUT2D eigenvalue weighted by atomic mass is 16.4. The fraction of sp³-hybridized carbons (Fsp3) is 0.667. The van der Waals surface area contributed by atoms with E-state index in [1.165, 1.54) is 0 Å². The van der Waals surface area contributed by atoms with Crippen LogP contribution in [0.25, 0.3) is 0 Å². The predicted octanol–water partition coefficient (Wildman–Crippen LogP) is -1.09. The highest BCUT2D eigenvalue weighted by Crippen LogP contribution is 1.74. The van der Waals surface area contributed by atoms with Gasteiger partial charge in [-0.25, -0.2) is 0 Å². The van der Waals surface area contributed by atoms with E-state index in [1.54, 1.807) is 0 Å². The van der Waals surface area contributed by atoms with Crippen LogP contribution < -0.4 is 0 Å². The largest absolute Gasteiger partial charge is 0.481 e. The van der Waals surface area contributed by atoms with Crippen molar-refractivity contribution in [3.8, 4) is 0 Å². The second-order valence-electron chi connectivity index (χ2n) is 1.77. The molecule has 0 aliphatic heterocycles. The fourth-order valence-electron chi connectivity index (χ4n) is 0.200. The first kappa shape index (κ1) is 13.4. The molecule has 0 atom stereocenters. The van der Waals surface area contributed by atoms with Crippen molar-refractivity contribution in [1.29, 1.82) is 0 Å². The lowest BCUT2D eigenvalue weighted by atomic mass is 10.5. The van der Waals surface area contributed by atoms with E-state index in [-0.39, 0.29) is 13.2 Å². The Morgan fingerprint density at radius 2 is 1.25 bits per heavy atom. The van der Waals surface area contributed by atoms with Crippen molar-refractivity contribution >= 4 is 11.9 Å². The first-order valence-electron chi connectivity index (χ1n) is 3.20. The van der Waals surface area contributed by atoms with Gasteiger partial charge in [-0.3, -0.25) is 9.59 Å². The van der Waals surface area contributed by atoms with E-state index in [9.17, 15) is 9.59 Å². The van der Waals surface area contributed by atoms with Crippen molar-refractivity contribution in [2.45, 2.75) is 12.8 Å². The van der Waals surface area contributed by atoms with Crippen LogP contribution in [0.3, 0.4) is 0 Å². The Morgan fingerprint density at radius 3 is 1.25 bits per heavy atom. The van der Waals surface area contributed by atoms with Gasteiger partial charge in [-0.2, -0.15) is 0 Å². The van der Waals surface area contributed by atoms with E-state index in [0.29, 0.717) is 6.42 Å². The molecule has 0 aromatic rings. The Balaban J connectivity index is 0. The lowest BCUT2D eigenvalue weighted by Crippen LogP contribution is -2.03. The third-order valence-electron chi connectivity index (χ3n) is 0.619. The van der Waals surface area contributed by atoms with Crippen molar-refractivity contribution in [1.82, 2.24) is 0 Å². The highest BCUT2D eigenvalue weighted by Gasteiger charge is 2.01. The molecule has 0 rings (SSSR count). The van der Waals surface area contributed by atoms with E-state index in [0.717, 1.165) is 0 Å². The maximum atomic E-state index is 9.43. The quantitative estimate of drug-likeness (QED) is 0.408. The Bertz CT molecular complexity index is 118. The number of aliphatic hydroxyl groups excluding tert-OH is 2. The molecule has 0 spiro atoms. The van der Waals surface area contributed by atoms with Crippen LogP contribution >= 0.6 is 0 Å². The van der Waals surface area contributed by atoms with Crippen LogP contribution in [-0.4, -0.2) is 45.6 Å². The lowest BCUT2D eigenvalue weighted by Gasteiger charge is -1.80. The molecule has 6 heteroatoms. The molecule has 0 heterocycles. The van der Waals surface area contributed by atoms with Crippen LogP contribution in [0.4, 0.5) is 0 Å². The molecule has 6 nitrogen and oxygen atoms in total. The van der Waals surface area contributed by atoms with E-state index >= 15 is 0 Å². The molecular weight excluding hydrogens is 168 g/mol. The topological polar surface area (TPSA) is 115 Å². The van der Waals surface area contributed by atoms with Crippen LogP contribution in [0.1, 0.15) is 12.8 Å². The average molecular weight is 180 g/mol. The van der Waals surface area contributed by atoms with Gasteiger partial charge < -0.3 is 20.4 Å². The maximum absolute atomic E-state index is 9.43. The molecule has 0 radical (unpaired) electrons. The molecule has 0 saturated heterocycles. The minimum Gasteiger partial charge on any atom is -0.481 e. The summed E-state index contributed by atoms with van der Waals surface area (Å²) in [5.41, 5.74) is 0. The minimum absolute atomic E-state index is 0.0938. The maximum Gasteiger partial charge on any atom is 0.314 e. The summed E-state index contributed by atoms with van der Waals surface area (Å²) >= 11 is 0. The van der Waals surface area contributed by atoms with Crippen LogP contribution in [0.2, 0.25) is 0 Å². The normalized spacial score (nSPS) is 8.17. The van der Waals surface area contributed by atoms with Crippen LogP contribution in [-0.2, 0) is 9.59 Å². The standard InChI is InChI=1S/C3H4O4.C3H8O2/c4-2(5)1-3(6)7;4-2-1-3-5/h1H2,(H,4,5)(H,6,7);4-5H,1-3H2. The van der Waals surface area contributed by atoms with Crippen LogP contribution in [0.15, 0.2) is 0 Å². The van der Waals surface area contributed by atoms with Gasteiger partial charge in [-0.1, -0.05) is 0 Å². The second-order valence-corrected chi connectivity index (χ2v) is 1.77. The number of hydrogen-bond acceptors (Lipinski definition) is 4. The van der Waals surface area contributed by atoms with Gasteiger partial charge in [0.15, 0.2) is 0 Å². The van der Waals surface area contributed by atoms with Crippen molar-refractivity contribution in [2.75, 3.05) is 13.2 Å². The number of carboxylic acids is 2. The van der Waals surface area contributed by atoms with E-state index in [4.69, 9.17) is 20.4 Å². The number of aliphatic carboxylic acids is 2. The van der Waals surface area contributed by atoms with Gasteiger partial charge >= 0.3 is 11.9 Å². The molecular formula is C6H12O6. The zero-order valence-corrected chi connectivity index (χ0v) is 6.43. The molecule has 0 aliphatic rings. The van der Waals surface area contributed by atoms with Crippen molar-refractivity contribution in [3.63, 3.8) is 0 Å². The predicted molar refractivity (Wildman–Crippen MR) is 38.7 cm³/mol. The summed E-state index contributed by atoms with van der Waals surface area (Å²) in [6, 6.07) is 0. The molecule has 0 fully saturated rings. The molecule has 0 aromatic carbocycles. The van der Waals surface area contributed by atoms with Gasteiger partial charge in [0.2, 0.25) is 0 Å². The molecule has 0 aromatic heterocycles. The zero-order valence-electron chi connectivity index (χ0n) is 6.43. The molecule has 0 bridgehead atoms. The summed E-state index contributed by atoms with van der Waals surface area (Å²) in [7, 11) is 0. The van der Waals surface area contributed by atoms with Gasteiger partial charge in [0.05, 0.1) is 0 Å². The lowest BCUT2D eigenvalue weighted by molar-refractivity contribution is -0.147. The molecule has 0 aliphatic carbocycles. The summed E-state index contributed by atoms with van der Waals surface area (Å²) in [5.74, 6) is -2.62. The highest BCUT2D eigenvalue weighted by molar-refractivity contribution is 5.88. The Labute approximate surface area is 69.1 Å². The Hall–Kier alpha value is -1.14. The van der Waals surface area contributed by atoms with Crippen molar-refractivity contribution < 1.29 is 30.0 Å². The van der Waals surface area contributed by atoms with Crippen LogP contribution in [0, 0.1) is 0 Å². The zero-order chi connectivity index (χ0) is 9.98. The van der Waals surface area contributed by atoms with Crippen molar-refractivity contribution in [2.24, 2.45) is 0 Å². The molecule has 0 amide bonds. The van der Waals surface area contributed by atoms with Crippen LogP contribution in [0.5, 0.6) is 0 Å². The van der Waals surface area contributed by atoms with Crippen molar-refractivity contribution in [3.05, 3.63) is 0 Å². The number of carbonyl (C=O) groups is 2. The second kappa shape index (κ2) is 9.86. The van der Waals surface area contributed by atoms with Gasteiger partial charge in [0, 0.05) is 13.2 Å². The molecule has 0 unspecified atom stereocenters. The SMILES string of the molecule is O=C(O)CC(=O)O.OCCCO. The molecule has 12 heavy (non-hydrogen) atoms. The van der Waals surface area contributed by atoms with Gasteiger partial charge in [0.25, 0.3) is 0 Å². The summed E-state index contributed by atoms with van der Waals surface area (Å²) in [6.45, 7) is 0.188. The summed E-state index contributed by atoms with van der Waals surface area (Å²) in [6.07, 6.45) is -0.306. The molecule has 72 valence electrons. The average Bonchev–Trinajstić information content (AvgIpc) is 1.87. The van der Waals surface area contributed by atoms with E-state index in [2.05, 4.69) is 0 Å². The number of aliphatic hydroxyl groups is 2. The van der Waals surface area contributed by atoms with Gasteiger partial charge in [-0.05, 0) is 6.42 Å². The summed E-state index contributed by atoms with van der Waals surface area (Å²) < 4.78 is 0. The number of carboxylic acid groups (broad SMARTS) is 2. The Kier molecular flexibility index (Phi) is 11.1. The fourth-order valence-corrected chi connectivity index (χ4v) is 0.200. The monoisotopic (exact) mass is 180 g/mol. The molecule has 4 N–H and O–H groups in total. The first-order valence-corrected chi connectivity index (χ1v) is 3.20. The minimum atomic E-state index is -1.31. The Morgan fingerprint density at radius 1 is 0.917 bits per heavy atom. The third-order valence-corrected chi connectivity index (χ3v) is 0.619. The summed E-state index contributed by atoms with van der Waals surface area (Å²) in [5, 5.41) is 31.2. The number of rotatable bonds is 4. The molecule has 0 saturated carbocycles. The first-order chi connectivity index (χ1) is 5.54.